The van der Waals surface area contributed by atoms with Gasteiger partial charge >= 0.3 is 0 Å². The molecule has 2 bridgehead atoms. The van der Waals surface area contributed by atoms with Gasteiger partial charge in [-0.15, -0.1) is 0 Å². The Balaban J connectivity index is 1.73. The molecule has 0 aromatic heterocycles. The van der Waals surface area contributed by atoms with E-state index in [1.807, 2.05) is 0 Å². The number of hydrogen-bond acceptors (Lipinski definition) is 5. The first-order chi connectivity index (χ1) is 10.0. The summed E-state index contributed by atoms with van der Waals surface area (Å²) in [6.45, 7) is 0. The van der Waals surface area contributed by atoms with Crippen molar-refractivity contribution in [3.63, 3.8) is 0 Å². The molecule has 4 rings (SSSR count). The standard InChI is InChI=1S/C15H15NO5/c17-7-3-1-6(2-4-7)16-14(20)10-8-5-9(11(10)15(16)21)13(19)12(8)18/h1-4,8-13,17-19H,5H2/t8-,9-,10-,11-,12-,13+/m0/s1. The van der Waals surface area contributed by atoms with Crippen molar-refractivity contribution in [1.82, 2.24) is 0 Å². The first kappa shape index (κ1) is 12.8. The Labute approximate surface area is 120 Å². The number of amides is 2. The zero-order valence-corrected chi connectivity index (χ0v) is 11.1. The quantitative estimate of drug-likeness (QED) is 0.626. The highest BCUT2D eigenvalue weighted by molar-refractivity contribution is 6.22. The maximum atomic E-state index is 12.6. The van der Waals surface area contributed by atoms with E-state index in [1.165, 1.54) is 24.3 Å². The third-order valence-electron chi connectivity index (χ3n) is 5.20. The molecular weight excluding hydrogens is 274 g/mol. The Bertz CT molecular complexity index is 595. The fraction of sp³-hybridized carbons (Fsp3) is 0.467. The Kier molecular flexibility index (Phi) is 2.47. The topological polar surface area (TPSA) is 98.1 Å². The summed E-state index contributed by atoms with van der Waals surface area (Å²) in [5.74, 6) is -2.31. The molecule has 21 heavy (non-hydrogen) atoms. The van der Waals surface area contributed by atoms with E-state index in [-0.39, 0.29) is 29.4 Å². The zero-order chi connectivity index (χ0) is 14.9. The largest absolute Gasteiger partial charge is 0.508 e. The molecule has 2 aliphatic carbocycles. The number of imide groups is 1. The molecule has 110 valence electrons. The lowest BCUT2D eigenvalue weighted by Crippen LogP contribution is -2.43. The van der Waals surface area contributed by atoms with Crippen molar-refractivity contribution in [3.8, 4) is 5.75 Å². The van der Waals surface area contributed by atoms with Crippen LogP contribution in [-0.2, 0) is 9.59 Å². The summed E-state index contributed by atoms with van der Waals surface area (Å²) in [5, 5.41) is 29.2. The highest BCUT2D eigenvalue weighted by atomic mass is 16.3. The van der Waals surface area contributed by atoms with E-state index in [0.717, 1.165) is 4.90 Å². The molecular formula is C15H15NO5. The molecule has 3 fully saturated rings. The lowest BCUT2D eigenvalue weighted by molar-refractivity contribution is -0.129. The van der Waals surface area contributed by atoms with Gasteiger partial charge in [0, 0.05) is 11.8 Å². The van der Waals surface area contributed by atoms with Crippen molar-refractivity contribution in [2.45, 2.75) is 18.6 Å². The minimum atomic E-state index is -0.923. The van der Waals surface area contributed by atoms with Crippen LogP contribution in [0, 0.1) is 23.7 Å². The van der Waals surface area contributed by atoms with Crippen molar-refractivity contribution >= 4 is 17.5 Å². The van der Waals surface area contributed by atoms with Crippen LogP contribution in [0.2, 0.25) is 0 Å². The van der Waals surface area contributed by atoms with Gasteiger partial charge in [0.2, 0.25) is 11.8 Å². The average Bonchev–Trinajstić information content (AvgIpc) is 3.06. The second kappa shape index (κ2) is 4.05. The van der Waals surface area contributed by atoms with Crippen LogP contribution in [0.4, 0.5) is 5.69 Å². The number of hydrogen-bond donors (Lipinski definition) is 3. The van der Waals surface area contributed by atoms with Crippen LogP contribution in [0.5, 0.6) is 5.75 Å². The number of phenols is 1. The molecule has 2 amide bonds. The molecule has 0 radical (unpaired) electrons. The molecule has 6 nitrogen and oxygen atoms in total. The number of aromatic hydroxyl groups is 1. The summed E-state index contributed by atoms with van der Waals surface area (Å²) >= 11 is 0. The smallest absolute Gasteiger partial charge is 0.238 e. The molecule has 1 aromatic carbocycles. The van der Waals surface area contributed by atoms with Crippen LogP contribution in [-0.4, -0.2) is 39.3 Å². The number of benzene rings is 1. The maximum Gasteiger partial charge on any atom is 0.238 e. The van der Waals surface area contributed by atoms with E-state index in [4.69, 9.17) is 0 Å². The van der Waals surface area contributed by atoms with Gasteiger partial charge in [0.25, 0.3) is 0 Å². The molecule has 1 aliphatic heterocycles. The summed E-state index contributed by atoms with van der Waals surface area (Å²) in [5.41, 5.74) is 0.417. The third-order valence-corrected chi connectivity index (χ3v) is 5.20. The lowest BCUT2D eigenvalue weighted by atomic mass is 9.78. The second-order valence-corrected chi connectivity index (χ2v) is 6.12. The van der Waals surface area contributed by atoms with Crippen molar-refractivity contribution in [2.75, 3.05) is 4.90 Å². The fourth-order valence-electron chi connectivity index (χ4n) is 4.29. The van der Waals surface area contributed by atoms with Gasteiger partial charge < -0.3 is 15.3 Å². The molecule has 6 atom stereocenters. The molecule has 3 N–H and O–H groups in total. The van der Waals surface area contributed by atoms with Gasteiger partial charge in [0.15, 0.2) is 0 Å². The Morgan fingerprint density at radius 1 is 0.905 bits per heavy atom. The molecule has 0 unspecified atom stereocenters. The predicted molar refractivity (Wildman–Crippen MR) is 71.2 cm³/mol. The van der Waals surface area contributed by atoms with Crippen LogP contribution < -0.4 is 4.90 Å². The number of aliphatic hydroxyl groups is 2. The zero-order valence-electron chi connectivity index (χ0n) is 11.1. The van der Waals surface area contributed by atoms with Gasteiger partial charge in [-0.1, -0.05) is 0 Å². The first-order valence-electron chi connectivity index (χ1n) is 7.03. The predicted octanol–water partition coefficient (Wildman–Crippen LogP) is -0.131. The lowest BCUT2D eigenvalue weighted by Gasteiger charge is -2.29. The van der Waals surface area contributed by atoms with E-state index < -0.39 is 24.0 Å². The summed E-state index contributed by atoms with van der Waals surface area (Å²) in [6.07, 6.45) is -1.32. The summed E-state index contributed by atoms with van der Waals surface area (Å²) < 4.78 is 0. The van der Waals surface area contributed by atoms with Gasteiger partial charge in [0.05, 0.1) is 29.7 Å². The molecule has 6 heteroatoms. The van der Waals surface area contributed by atoms with Crippen molar-refractivity contribution < 1.29 is 24.9 Å². The van der Waals surface area contributed by atoms with Gasteiger partial charge in [0.1, 0.15) is 5.75 Å². The number of aliphatic hydroxyl groups excluding tert-OH is 2. The van der Waals surface area contributed by atoms with Gasteiger partial charge in [-0.05, 0) is 30.7 Å². The van der Waals surface area contributed by atoms with E-state index in [2.05, 4.69) is 0 Å². The molecule has 3 aliphatic rings. The number of fused-ring (bicyclic) bond motifs is 5. The van der Waals surface area contributed by atoms with Crippen molar-refractivity contribution in [2.24, 2.45) is 23.7 Å². The maximum absolute atomic E-state index is 12.6. The number of carbonyl (C=O) groups is 2. The van der Waals surface area contributed by atoms with Gasteiger partial charge in [-0.2, -0.15) is 0 Å². The summed E-state index contributed by atoms with van der Waals surface area (Å²) in [7, 11) is 0. The highest BCUT2D eigenvalue weighted by Gasteiger charge is 2.67. The van der Waals surface area contributed by atoms with Crippen LogP contribution in [0.15, 0.2) is 24.3 Å². The minimum Gasteiger partial charge on any atom is -0.508 e. The number of nitrogens with zero attached hydrogens (tertiary/aromatic N) is 1. The van der Waals surface area contributed by atoms with E-state index in [0.29, 0.717) is 12.1 Å². The van der Waals surface area contributed by atoms with Crippen LogP contribution in [0.1, 0.15) is 6.42 Å². The normalized spacial score (nSPS) is 41.0. The van der Waals surface area contributed by atoms with Crippen molar-refractivity contribution in [3.05, 3.63) is 24.3 Å². The number of rotatable bonds is 1. The third kappa shape index (κ3) is 1.49. The molecule has 1 heterocycles. The van der Waals surface area contributed by atoms with E-state index in [9.17, 15) is 24.9 Å². The van der Waals surface area contributed by atoms with E-state index >= 15 is 0 Å². The monoisotopic (exact) mass is 289 g/mol. The second-order valence-electron chi connectivity index (χ2n) is 6.12. The Hall–Kier alpha value is -1.92. The fourth-order valence-corrected chi connectivity index (χ4v) is 4.29. The van der Waals surface area contributed by atoms with Crippen molar-refractivity contribution in [1.29, 1.82) is 0 Å². The average molecular weight is 289 g/mol. The van der Waals surface area contributed by atoms with Gasteiger partial charge in [-0.25, -0.2) is 0 Å². The molecule has 0 spiro atoms. The first-order valence-corrected chi connectivity index (χ1v) is 7.03. The Morgan fingerprint density at radius 2 is 1.38 bits per heavy atom. The van der Waals surface area contributed by atoms with Gasteiger partial charge in [-0.3, -0.25) is 14.5 Å². The highest BCUT2D eigenvalue weighted by Crippen LogP contribution is 2.56. The number of phenolic OH excluding ortho intramolecular Hbond substituents is 1. The minimum absolute atomic E-state index is 0.0592. The van der Waals surface area contributed by atoms with Crippen LogP contribution >= 0.6 is 0 Å². The SMILES string of the molecule is O=C1[C@H]2[C@@H]3C[C@H]([C@@H](O)[C@H]3O)[C@@H]2C(=O)N1c1ccc(O)cc1. The number of anilines is 1. The molecule has 1 saturated heterocycles. The summed E-state index contributed by atoms with van der Waals surface area (Å²) in [4.78, 5) is 26.3. The van der Waals surface area contributed by atoms with E-state index in [1.54, 1.807) is 0 Å². The molecule has 1 aromatic rings. The molecule has 2 saturated carbocycles. The van der Waals surface area contributed by atoms with Crippen LogP contribution in [0.25, 0.3) is 0 Å². The number of carbonyl (C=O) groups excluding carboxylic acids is 2. The summed E-state index contributed by atoms with van der Waals surface area (Å²) in [6, 6.07) is 5.87. The van der Waals surface area contributed by atoms with Crippen LogP contribution in [0.3, 0.4) is 0 Å². The Morgan fingerprint density at radius 3 is 1.86 bits per heavy atom.